The van der Waals surface area contributed by atoms with Gasteiger partial charge in [-0.2, -0.15) is 13.2 Å². The SMILES string of the molecule is CCN(CC(=O)Nc1cccc(OC)c1)Cc1ccccc1C(F)(F)F. The van der Waals surface area contributed by atoms with Gasteiger partial charge in [0, 0.05) is 18.3 Å². The van der Waals surface area contributed by atoms with Gasteiger partial charge < -0.3 is 10.1 Å². The van der Waals surface area contributed by atoms with E-state index in [0.717, 1.165) is 6.07 Å². The molecule has 0 bridgehead atoms. The third-order valence-corrected chi connectivity index (χ3v) is 3.88. The number of nitrogens with one attached hydrogen (secondary N) is 1. The molecule has 0 aliphatic rings. The van der Waals surface area contributed by atoms with E-state index < -0.39 is 11.7 Å². The van der Waals surface area contributed by atoms with Crippen LogP contribution in [0.15, 0.2) is 48.5 Å². The summed E-state index contributed by atoms with van der Waals surface area (Å²) in [6.07, 6.45) is -4.42. The molecule has 0 aliphatic heterocycles. The van der Waals surface area contributed by atoms with Crippen LogP contribution in [0.2, 0.25) is 0 Å². The van der Waals surface area contributed by atoms with Gasteiger partial charge in [0.1, 0.15) is 5.75 Å². The molecule has 0 spiro atoms. The monoisotopic (exact) mass is 366 g/mol. The van der Waals surface area contributed by atoms with Crippen LogP contribution < -0.4 is 10.1 Å². The molecule has 1 amide bonds. The first-order valence-corrected chi connectivity index (χ1v) is 8.15. The smallest absolute Gasteiger partial charge is 0.416 e. The minimum absolute atomic E-state index is 0.0140. The highest BCUT2D eigenvalue weighted by Crippen LogP contribution is 2.32. The predicted octanol–water partition coefficient (Wildman–Crippen LogP) is 4.17. The van der Waals surface area contributed by atoms with Crippen LogP contribution in [0.5, 0.6) is 5.75 Å². The zero-order valence-electron chi connectivity index (χ0n) is 14.6. The summed E-state index contributed by atoms with van der Waals surface area (Å²) < 4.78 is 44.4. The van der Waals surface area contributed by atoms with Gasteiger partial charge in [0.25, 0.3) is 0 Å². The van der Waals surface area contributed by atoms with Gasteiger partial charge in [-0.05, 0) is 30.3 Å². The average Bonchev–Trinajstić information content (AvgIpc) is 2.60. The molecule has 0 saturated heterocycles. The molecule has 7 heteroatoms. The molecular weight excluding hydrogens is 345 g/mol. The van der Waals surface area contributed by atoms with Crippen LogP contribution in [-0.4, -0.2) is 31.0 Å². The van der Waals surface area contributed by atoms with Crippen LogP contribution >= 0.6 is 0 Å². The zero-order valence-corrected chi connectivity index (χ0v) is 14.6. The number of alkyl halides is 3. The quantitative estimate of drug-likeness (QED) is 0.800. The van der Waals surface area contributed by atoms with Gasteiger partial charge in [-0.1, -0.05) is 31.2 Å². The predicted molar refractivity (Wildman–Crippen MR) is 94.0 cm³/mol. The molecule has 0 atom stereocenters. The third kappa shape index (κ3) is 5.49. The number of hydrogen-bond donors (Lipinski definition) is 1. The number of benzene rings is 2. The minimum atomic E-state index is -4.42. The largest absolute Gasteiger partial charge is 0.497 e. The minimum Gasteiger partial charge on any atom is -0.497 e. The van der Waals surface area contributed by atoms with Crippen molar-refractivity contribution in [2.45, 2.75) is 19.6 Å². The summed E-state index contributed by atoms with van der Waals surface area (Å²) in [7, 11) is 1.53. The molecule has 0 unspecified atom stereocenters. The van der Waals surface area contributed by atoms with Crippen LogP contribution in [0.1, 0.15) is 18.1 Å². The standard InChI is InChI=1S/C19H21F3N2O2/c1-3-24(12-14-7-4-5-10-17(14)19(20,21)22)13-18(25)23-15-8-6-9-16(11-15)26-2/h4-11H,3,12-13H2,1-2H3,(H,23,25). The summed E-state index contributed by atoms with van der Waals surface area (Å²) in [6, 6.07) is 12.3. The van der Waals surface area contributed by atoms with E-state index in [1.54, 1.807) is 42.2 Å². The first kappa shape index (κ1) is 19.8. The van der Waals surface area contributed by atoms with Crippen molar-refractivity contribution >= 4 is 11.6 Å². The Hall–Kier alpha value is -2.54. The van der Waals surface area contributed by atoms with E-state index in [1.165, 1.54) is 19.2 Å². The second kappa shape index (κ2) is 8.71. The molecule has 0 fully saturated rings. The number of carbonyl (C=O) groups is 1. The van der Waals surface area contributed by atoms with Crippen molar-refractivity contribution in [1.82, 2.24) is 4.90 Å². The number of anilines is 1. The van der Waals surface area contributed by atoms with Crippen LogP contribution in [0, 0.1) is 0 Å². The zero-order chi connectivity index (χ0) is 19.2. The lowest BCUT2D eigenvalue weighted by Crippen LogP contribution is -2.33. The van der Waals surface area contributed by atoms with Crippen molar-refractivity contribution in [2.75, 3.05) is 25.5 Å². The Morgan fingerprint density at radius 1 is 1.15 bits per heavy atom. The molecule has 0 radical (unpaired) electrons. The number of nitrogens with zero attached hydrogens (tertiary/aromatic N) is 1. The Bertz CT molecular complexity index is 748. The van der Waals surface area contributed by atoms with Gasteiger partial charge in [-0.25, -0.2) is 0 Å². The fourth-order valence-electron chi connectivity index (χ4n) is 2.56. The fourth-order valence-corrected chi connectivity index (χ4v) is 2.56. The normalized spacial score (nSPS) is 11.5. The summed E-state index contributed by atoms with van der Waals surface area (Å²) in [5.74, 6) is 0.304. The summed E-state index contributed by atoms with van der Waals surface area (Å²) in [5.41, 5.74) is 0.0452. The number of carbonyl (C=O) groups excluding carboxylic acids is 1. The maximum Gasteiger partial charge on any atom is 0.416 e. The molecule has 0 aliphatic carbocycles. The lowest BCUT2D eigenvalue weighted by molar-refractivity contribution is -0.138. The topological polar surface area (TPSA) is 41.6 Å². The first-order valence-electron chi connectivity index (χ1n) is 8.15. The van der Waals surface area contributed by atoms with Crippen molar-refractivity contribution in [2.24, 2.45) is 0 Å². The number of halogens is 3. The Morgan fingerprint density at radius 3 is 2.54 bits per heavy atom. The van der Waals surface area contributed by atoms with Gasteiger partial charge in [0.15, 0.2) is 0 Å². The molecule has 1 N–H and O–H groups in total. The highest BCUT2D eigenvalue weighted by atomic mass is 19.4. The number of likely N-dealkylation sites (N-methyl/N-ethyl adjacent to an activating group) is 1. The molecule has 2 rings (SSSR count). The lowest BCUT2D eigenvalue weighted by Gasteiger charge is -2.22. The maximum atomic E-state index is 13.1. The third-order valence-electron chi connectivity index (χ3n) is 3.88. The molecule has 26 heavy (non-hydrogen) atoms. The van der Waals surface area contributed by atoms with Crippen LogP contribution in [0.25, 0.3) is 0 Å². The molecular formula is C19H21F3N2O2. The van der Waals surface area contributed by atoms with E-state index in [2.05, 4.69) is 5.32 Å². The van der Waals surface area contributed by atoms with Crippen molar-refractivity contribution in [3.05, 3.63) is 59.7 Å². The highest BCUT2D eigenvalue weighted by Gasteiger charge is 2.33. The van der Waals surface area contributed by atoms with E-state index in [1.807, 2.05) is 0 Å². The molecule has 0 saturated carbocycles. The summed E-state index contributed by atoms with van der Waals surface area (Å²) >= 11 is 0. The Balaban J connectivity index is 2.04. The Morgan fingerprint density at radius 2 is 1.88 bits per heavy atom. The number of ether oxygens (including phenoxy) is 1. The number of hydrogen-bond acceptors (Lipinski definition) is 3. The number of amides is 1. The molecule has 0 heterocycles. The summed E-state index contributed by atoms with van der Waals surface area (Å²) in [5, 5.41) is 2.73. The molecule has 2 aromatic carbocycles. The van der Waals surface area contributed by atoms with Crippen molar-refractivity contribution in [1.29, 1.82) is 0 Å². The molecule has 2 aromatic rings. The second-order valence-corrected chi connectivity index (χ2v) is 5.74. The van der Waals surface area contributed by atoms with E-state index >= 15 is 0 Å². The van der Waals surface area contributed by atoms with Crippen LogP contribution in [-0.2, 0) is 17.5 Å². The summed E-state index contributed by atoms with van der Waals surface area (Å²) in [6.45, 7) is 2.27. The first-order chi connectivity index (χ1) is 12.3. The van der Waals surface area contributed by atoms with Crippen molar-refractivity contribution in [3.8, 4) is 5.75 Å². The van der Waals surface area contributed by atoms with Crippen LogP contribution in [0.3, 0.4) is 0 Å². The number of rotatable bonds is 7. The van der Waals surface area contributed by atoms with Gasteiger partial charge in [-0.15, -0.1) is 0 Å². The maximum absolute atomic E-state index is 13.1. The lowest BCUT2D eigenvalue weighted by atomic mass is 10.1. The van der Waals surface area contributed by atoms with E-state index in [4.69, 9.17) is 4.74 Å². The van der Waals surface area contributed by atoms with Gasteiger partial charge in [0.2, 0.25) is 5.91 Å². The molecule has 140 valence electrons. The number of methoxy groups -OCH3 is 1. The highest BCUT2D eigenvalue weighted by molar-refractivity contribution is 5.92. The van der Waals surface area contributed by atoms with E-state index in [9.17, 15) is 18.0 Å². The van der Waals surface area contributed by atoms with Crippen molar-refractivity contribution in [3.63, 3.8) is 0 Å². The fraction of sp³-hybridized carbons (Fsp3) is 0.316. The van der Waals surface area contributed by atoms with E-state index in [0.29, 0.717) is 18.0 Å². The van der Waals surface area contributed by atoms with Crippen molar-refractivity contribution < 1.29 is 22.7 Å². The Labute approximate surface area is 150 Å². The van der Waals surface area contributed by atoms with Gasteiger partial charge in [0.05, 0.1) is 19.2 Å². The van der Waals surface area contributed by atoms with E-state index in [-0.39, 0.29) is 24.6 Å². The summed E-state index contributed by atoms with van der Waals surface area (Å²) in [4.78, 5) is 13.9. The second-order valence-electron chi connectivity index (χ2n) is 5.74. The van der Waals surface area contributed by atoms with Crippen LogP contribution in [0.4, 0.5) is 18.9 Å². The average molecular weight is 366 g/mol. The van der Waals surface area contributed by atoms with Gasteiger partial charge in [-0.3, -0.25) is 9.69 Å². The molecule has 4 nitrogen and oxygen atoms in total. The Kier molecular flexibility index (Phi) is 6.63. The molecule has 0 aromatic heterocycles. The van der Waals surface area contributed by atoms with Gasteiger partial charge >= 0.3 is 6.18 Å².